The van der Waals surface area contributed by atoms with Crippen molar-refractivity contribution in [2.24, 2.45) is 5.10 Å². The molecule has 0 aliphatic carbocycles. The number of rotatable bonds is 5. The van der Waals surface area contributed by atoms with Crippen LogP contribution in [0.4, 0.5) is 0 Å². The summed E-state index contributed by atoms with van der Waals surface area (Å²) in [6.45, 7) is 0.594. The highest BCUT2D eigenvalue weighted by Gasteiger charge is 2.24. The molecule has 0 saturated heterocycles. The van der Waals surface area contributed by atoms with Gasteiger partial charge in [0, 0.05) is 10.0 Å². The maximum Gasteiger partial charge on any atom is 0.177 e. The van der Waals surface area contributed by atoms with Crippen molar-refractivity contribution in [3.8, 4) is 11.4 Å². The SMILES string of the molecule is COc1ccc(CN2NNN=C2c2cnn(-c3cc(Cl)cc(Cl)c3)c2Br)cc1. The number of hydrazone groups is 1. The van der Waals surface area contributed by atoms with Crippen molar-refractivity contribution >= 4 is 45.0 Å². The standard InChI is InChI=1S/C18H15BrCl2N6O/c1-28-15-4-2-11(3-5-15)10-26-18(23-24-25-26)16-9-22-27(17(16)19)14-7-12(20)6-13(21)8-14/h2-9,24-25H,10H2,1H3. The molecule has 0 unspecified atom stereocenters. The molecule has 3 aromatic rings. The molecule has 0 amide bonds. The molecule has 0 bridgehead atoms. The number of amidine groups is 1. The van der Waals surface area contributed by atoms with Gasteiger partial charge in [-0.2, -0.15) is 5.10 Å². The molecular formula is C18H15BrCl2N6O. The molecule has 0 radical (unpaired) electrons. The third-order valence-electron chi connectivity index (χ3n) is 4.15. The molecule has 1 aliphatic rings. The maximum absolute atomic E-state index is 6.12. The molecule has 0 spiro atoms. The molecule has 2 aromatic carbocycles. The lowest BCUT2D eigenvalue weighted by Crippen LogP contribution is -2.40. The molecule has 28 heavy (non-hydrogen) atoms. The highest BCUT2D eigenvalue weighted by Crippen LogP contribution is 2.27. The smallest absolute Gasteiger partial charge is 0.177 e. The number of hydrogen-bond donors (Lipinski definition) is 2. The predicted octanol–water partition coefficient (Wildman–Crippen LogP) is 4.14. The molecule has 1 aromatic heterocycles. The maximum atomic E-state index is 6.12. The zero-order chi connectivity index (χ0) is 19.7. The van der Waals surface area contributed by atoms with Gasteiger partial charge in [-0.05, 0) is 51.8 Å². The van der Waals surface area contributed by atoms with E-state index in [9.17, 15) is 0 Å². The highest BCUT2D eigenvalue weighted by molar-refractivity contribution is 9.10. The number of ether oxygens (including phenoxy) is 1. The van der Waals surface area contributed by atoms with Crippen molar-refractivity contribution < 1.29 is 4.74 Å². The Morgan fingerprint density at radius 1 is 1.11 bits per heavy atom. The lowest BCUT2D eigenvalue weighted by molar-refractivity contribution is 0.288. The van der Waals surface area contributed by atoms with Crippen molar-refractivity contribution in [3.63, 3.8) is 0 Å². The molecule has 144 valence electrons. The van der Waals surface area contributed by atoms with E-state index in [1.54, 1.807) is 36.2 Å². The van der Waals surface area contributed by atoms with E-state index < -0.39 is 0 Å². The second-order valence-electron chi connectivity index (χ2n) is 5.98. The molecule has 10 heteroatoms. The van der Waals surface area contributed by atoms with Gasteiger partial charge in [-0.25, -0.2) is 10.2 Å². The summed E-state index contributed by atoms with van der Waals surface area (Å²) in [6.07, 6.45) is 1.73. The van der Waals surface area contributed by atoms with Gasteiger partial charge in [0.05, 0.1) is 31.1 Å². The van der Waals surface area contributed by atoms with Gasteiger partial charge < -0.3 is 4.74 Å². The average molecular weight is 482 g/mol. The van der Waals surface area contributed by atoms with Crippen LogP contribution >= 0.6 is 39.1 Å². The van der Waals surface area contributed by atoms with E-state index in [0.717, 1.165) is 27.2 Å². The number of nitrogens with zero attached hydrogens (tertiary/aromatic N) is 4. The molecule has 2 heterocycles. The number of halogens is 3. The van der Waals surface area contributed by atoms with Gasteiger partial charge in [0.1, 0.15) is 10.4 Å². The zero-order valence-corrected chi connectivity index (χ0v) is 17.8. The number of hydrazine groups is 2. The zero-order valence-electron chi connectivity index (χ0n) is 14.7. The van der Waals surface area contributed by atoms with Crippen molar-refractivity contribution in [2.45, 2.75) is 6.54 Å². The third-order valence-corrected chi connectivity index (χ3v) is 5.34. The largest absolute Gasteiger partial charge is 0.497 e. The predicted molar refractivity (Wildman–Crippen MR) is 113 cm³/mol. The molecule has 2 N–H and O–H groups in total. The Morgan fingerprint density at radius 2 is 1.82 bits per heavy atom. The Balaban J connectivity index is 1.60. The first kappa shape index (κ1) is 19.1. The average Bonchev–Trinajstić information content (AvgIpc) is 3.27. The molecule has 0 atom stereocenters. The van der Waals surface area contributed by atoms with Gasteiger partial charge >= 0.3 is 0 Å². The van der Waals surface area contributed by atoms with Crippen LogP contribution in [0.25, 0.3) is 5.69 Å². The van der Waals surface area contributed by atoms with Gasteiger partial charge in [0.25, 0.3) is 0 Å². The highest BCUT2D eigenvalue weighted by atomic mass is 79.9. The Bertz CT molecular complexity index is 1020. The Labute approximate surface area is 179 Å². The van der Waals surface area contributed by atoms with E-state index in [4.69, 9.17) is 27.9 Å². The van der Waals surface area contributed by atoms with Crippen LogP contribution in [-0.2, 0) is 6.54 Å². The lowest BCUT2D eigenvalue weighted by atomic mass is 10.2. The van der Waals surface area contributed by atoms with Gasteiger partial charge in [-0.3, -0.25) is 5.01 Å². The molecular weight excluding hydrogens is 467 g/mol. The van der Waals surface area contributed by atoms with Crippen LogP contribution < -0.4 is 15.8 Å². The Kier molecular flexibility index (Phi) is 5.45. The fraction of sp³-hybridized carbons (Fsp3) is 0.111. The summed E-state index contributed by atoms with van der Waals surface area (Å²) in [5.41, 5.74) is 8.47. The van der Waals surface area contributed by atoms with Crippen molar-refractivity contribution in [3.05, 3.63) is 74.4 Å². The van der Waals surface area contributed by atoms with E-state index in [0.29, 0.717) is 22.4 Å². The van der Waals surface area contributed by atoms with Crippen molar-refractivity contribution in [1.29, 1.82) is 0 Å². The van der Waals surface area contributed by atoms with Crippen LogP contribution in [0.5, 0.6) is 5.75 Å². The summed E-state index contributed by atoms with van der Waals surface area (Å²) in [6, 6.07) is 13.1. The van der Waals surface area contributed by atoms with Crippen LogP contribution in [0.15, 0.2) is 58.4 Å². The van der Waals surface area contributed by atoms with E-state index in [-0.39, 0.29) is 0 Å². The van der Waals surface area contributed by atoms with Gasteiger partial charge in [0.2, 0.25) is 0 Å². The van der Waals surface area contributed by atoms with Crippen molar-refractivity contribution in [2.75, 3.05) is 7.11 Å². The quantitative estimate of drug-likeness (QED) is 0.573. The summed E-state index contributed by atoms with van der Waals surface area (Å²) < 4.78 is 7.64. The summed E-state index contributed by atoms with van der Waals surface area (Å²) in [4.78, 5) is 0. The summed E-state index contributed by atoms with van der Waals surface area (Å²) >= 11 is 15.9. The van der Waals surface area contributed by atoms with Gasteiger partial charge in [-0.1, -0.05) is 35.3 Å². The van der Waals surface area contributed by atoms with E-state index in [1.807, 2.05) is 29.3 Å². The minimum absolute atomic E-state index is 0.536. The number of nitrogens with one attached hydrogen (secondary N) is 2. The first-order chi connectivity index (χ1) is 13.5. The fourth-order valence-electron chi connectivity index (χ4n) is 2.81. The van der Waals surface area contributed by atoms with Crippen LogP contribution in [-0.4, -0.2) is 27.7 Å². The Hall–Kier alpha value is -2.26. The summed E-state index contributed by atoms with van der Waals surface area (Å²) in [5.74, 6) is 1.51. The first-order valence-corrected chi connectivity index (χ1v) is 9.79. The monoisotopic (exact) mass is 480 g/mol. The summed E-state index contributed by atoms with van der Waals surface area (Å²) in [5, 5.41) is 11.8. The van der Waals surface area contributed by atoms with Crippen LogP contribution in [0.1, 0.15) is 11.1 Å². The van der Waals surface area contributed by atoms with E-state index in [1.165, 1.54) is 0 Å². The second-order valence-corrected chi connectivity index (χ2v) is 7.61. The molecule has 4 rings (SSSR count). The number of methoxy groups -OCH3 is 1. The van der Waals surface area contributed by atoms with Crippen LogP contribution in [0.2, 0.25) is 10.0 Å². The molecule has 0 saturated carbocycles. The minimum atomic E-state index is 0.536. The molecule has 7 nitrogen and oxygen atoms in total. The van der Waals surface area contributed by atoms with Gasteiger partial charge in [-0.15, -0.1) is 10.6 Å². The topological polar surface area (TPSA) is 66.7 Å². The first-order valence-electron chi connectivity index (χ1n) is 8.24. The second kappa shape index (κ2) is 8.00. The summed E-state index contributed by atoms with van der Waals surface area (Å²) in [7, 11) is 1.65. The molecule has 1 aliphatic heterocycles. The lowest BCUT2D eigenvalue weighted by Gasteiger charge is -2.18. The van der Waals surface area contributed by atoms with E-state index in [2.05, 4.69) is 37.2 Å². The minimum Gasteiger partial charge on any atom is -0.497 e. The Morgan fingerprint density at radius 3 is 2.50 bits per heavy atom. The fourth-order valence-corrected chi connectivity index (χ4v) is 3.90. The normalized spacial score (nSPS) is 13.4. The third kappa shape index (κ3) is 3.81. The van der Waals surface area contributed by atoms with Crippen LogP contribution in [0, 0.1) is 0 Å². The molecule has 0 fully saturated rings. The number of aromatic nitrogens is 2. The number of hydrogen-bond acceptors (Lipinski definition) is 6. The number of benzene rings is 2. The van der Waals surface area contributed by atoms with E-state index >= 15 is 0 Å². The van der Waals surface area contributed by atoms with Crippen molar-refractivity contribution in [1.82, 2.24) is 25.9 Å². The van der Waals surface area contributed by atoms with Gasteiger partial charge in [0.15, 0.2) is 5.84 Å². The van der Waals surface area contributed by atoms with Crippen LogP contribution in [0.3, 0.4) is 0 Å².